The van der Waals surface area contributed by atoms with E-state index in [1.807, 2.05) is 0 Å². The zero-order valence-corrected chi connectivity index (χ0v) is 52.0. The number of benzene rings is 18. The van der Waals surface area contributed by atoms with Gasteiger partial charge in [-0.1, -0.05) is 243 Å². The van der Waals surface area contributed by atoms with Crippen LogP contribution >= 0.6 is 0 Å². The van der Waals surface area contributed by atoms with Crippen molar-refractivity contribution < 1.29 is 0 Å². The molecule has 6 heteroatoms. The van der Waals surface area contributed by atoms with Crippen molar-refractivity contribution in [2.45, 2.75) is 0 Å². The second-order valence-electron chi connectivity index (χ2n) is 26.8. The van der Waals surface area contributed by atoms with E-state index in [1.165, 1.54) is 209 Å². The van der Waals surface area contributed by atoms with Crippen LogP contribution in [-0.4, -0.2) is 13.7 Å². The van der Waals surface area contributed by atoms with Gasteiger partial charge in [-0.25, -0.2) is 0 Å². The summed E-state index contributed by atoms with van der Waals surface area (Å²) in [6.07, 6.45) is 0. The molecule has 0 fully saturated rings. The smallest absolute Gasteiger partial charge is 0.333 e. The third-order valence-corrected chi connectivity index (χ3v) is 22.4. The Morgan fingerprint density at radius 1 is 0.177 bits per heavy atom. The molecule has 18 aromatic rings. The van der Waals surface area contributed by atoms with Gasteiger partial charge in [0.1, 0.15) is 0 Å². The number of para-hydroxylation sites is 1. The van der Waals surface area contributed by atoms with Gasteiger partial charge in [-0.15, -0.1) is 0 Å². The van der Waals surface area contributed by atoms with Crippen molar-refractivity contribution >= 4 is 189 Å². The van der Waals surface area contributed by atoms with Crippen LogP contribution in [0.2, 0.25) is 0 Å². The molecule has 438 valence electrons. The van der Waals surface area contributed by atoms with Gasteiger partial charge < -0.3 is 19.4 Å². The second kappa shape index (κ2) is 18.7. The number of rotatable bonds is 4. The minimum Gasteiger partial charge on any atom is -0.376 e. The first-order valence-corrected chi connectivity index (χ1v) is 33.6. The monoisotopic (exact) mass is 1210 g/mol. The van der Waals surface area contributed by atoms with E-state index in [0.29, 0.717) is 0 Å². The Morgan fingerprint density at radius 2 is 0.469 bits per heavy atom. The molecule has 6 heterocycles. The van der Waals surface area contributed by atoms with E-state index in [9.17, 15) is 0 Å². The van der Waals surface area contributed by atoms with Crippen molar-refractivity contribution in [3.05, 3.63) is 315 Å². The van der Waals surface area contributed by atoms with Gasteiger partial charge in [0, 0.05) is 78.6 Å². The fourth-order valence-electron chi connectivity index (χ4n) is 18.8. The average molecular weight is 1210 g/mol. The SMILES string of the molecule is c1ccc(-c2cccc(N3c4ccc5c6ccccc6c6cccc7c6c5c4B4c5c3ccc3c6ccccc6c6cccc(c6c53)N47)c2)cc1.c1ccc(-c2cccc(N3c4cccc5c4B4c6c3ccc3c7ccccc7c7cccc(c7c63)N4c3ccccc3-5)c2)cc1. The average Bonchev–Trinajstić information content (AvgIpc) is 0.671. The van der Waals surface area contributed by atoms with Crippen molar-refractivity contribution in [3.63, 3.8) is 0 Å². The minimum atomic E-state index is 0.0366. The number of nitrogens with zero attached hydrogens (tertiary/aromatic N) is 4. The highest BCUT2D eigenvalue weighted by atomic mass is 15.2. The lowest BCUT2D eigenvalue weighted by Crippen LogP contribution is -2.62. The molecule has 24 rings (SSSR count). The highest BCUT2D eigenvalue weighted by molar-refractivity contribution is 6.98. The molecule has 0 aliphatic carbocycles. The molecule has 6 aliphatic rings. The predicted molar refractivity (Wildman–Crippen MR) is 410 cm³/mol. The summed E-state index contributed by atoms with van der Waals surface area (Å²) in [5.74, 6) is 0. The summed E-state index contributed by atoms with van der Waals surface area (Å²) in [5.41, 5.74) is 25.7. The van der Waals surface area contributed by atoms with Crippen LogP contribution in [0.4, 0.5) is 56.9 Å². The largest absolute Gasteiger partial charge is 0.376 e. The van der Waals surface area contributed by atoms with Crippen LogP contribution in [0, 0.1) is 0 Å². The standard InChI is InChI=1S/C48H27BN2.C42H25BN2/c1-2-11-28(12-3-1)29-13-8-14-30(27-29)50-41-25-23-37-33-17-6-4-15-31(33)35-19-9-21-39-43(35)45(37)47(41)49-48-42(50)26-24-38-34-18-7-5-16-32(34)36-20-10-22-40(51(39)49)44(36)46(38)48;1-2-11-26(12-3-1)27-13-8-14-28(25-27)44-37-22-10-19-34-31-17-6-7-20-35(31)45-36-21-9-18-32-29-15-4-5-16-30(29)33-23-24-38(44)42(40(33)39(32)36)43(45)41(34)37/h1-27H;1-25H. The first kappa shape index (κ1) is 51.2. The van der Waals surface area contributed by atoms with Crippen LogP contribution in [0.1, 0.15) is 0 Å². The van der Waals surface area contributed by atoms with Crippen LogP contribution in [0.3, 0.4) is 0 Å². The van der Waals surface area contributed by atoms with Crippen LogP contribution < -0.4 is 41.3 Å². The van der Waals surface area contributed by atoms with Gasteiger partial charge in [0.2, 0.25) is 0 Å². The van der Waals surface area contributed by atoms with Gasteiger partial charge in [0.25, 0.3) is 0 Å². The van der Waals surface area contributed by atoms with Gasteiger partial charge in [-0.05, 0) is 203 Å². The summed E-state index contributed by atoms with van der Waals surface area (Å²) in [7, 11) is 0. The highest BCUT2D eigenvalue weighted by Crippen LogP contribution is 2.57. The molecular weight excluding hydrogens is 1160 g/mol. The number of hydrogen-bond donors (Lipinski definition) is 0. The van der Waals surface area contributed by atoms with Crippen molar-refractivity contribution in [1.82, 2.24) is 0 Å². The number of fused-ring (bicyclic) bond motifs is 15. The predicted octanol–water partition coefficient (Wildman–Crippen LogP) is 21.5. The molecule has 96 heavy (non-hydrogen) atoms. The molecule has 6 aliphatic heterocycles. The number of anilines is 10. The van der Waals surface area contributed by atoms with Gasteiger partial charge >= 0.3 is 13.7 Å². The van der Waals surface area contributed by atoms with E-state index in [-0.39, 0.29) is 13.7 Å². The fraction of sp³-hybridized carbons (Fsp3) is 0. The molecule has 0 amide bonds. The lowest BCUT2D eigenvalue weighted by Gasteiger charge is -2.48. The molecule has 0 saturated heterocycles. The molecule has 0 N–H and O–H groups in total. The molecule has 0 unspecified atom stereocenters. The quantitative estimate of drug-likeness (QED) is 0.129. The summed E-state index contributed by atoms with van der Waals surface area (Å²) in [6.45, 7) is 0.118. The number of hydrogen-bond acceptors (Lipinski definition) is 4. The Morgan fingerprint density at radius 3 is 0.906 bits per heavy atom. The van der Waals surface area contributed by atoms with Gasteiger partial charge in [-0.2, -0.15) is 0 Å². The highest BCUT2D eigenvalue weighted by Gasteiger charge is 2.50. The van der Waals surface area contributed by atoms with Crippen LogP contribution in [0.5, 0.6) is 0 Å². The molecule has 0 saturated carbocycles. The van der Waals surface area contributed by atoms with Crippen LogP contribution in [-0.2, 0) is 0 Å². The van der Waals surface area contributed by atoms with Crippen LogP contribution in [0.25, 0.3) is 130 Å². The molecule has 0 radical (unpaired) electrons. The topological polar surface area (TPSA) is 13.0 Å². The second-order valence-corrected chi connectivity index (χ2v) is 26.8. The van der Waals surface area contributed by atoms with E-state index < -0.39 is 0 Å². The Labute approximate surface area is 554 Å². The maximum Gasteiger partial charge on any atom is 0.333 e. The van der Waals surface area contributed by atoms with Crippen molar-refractivity contribution in [1.29, 1.82) is 0 Å². The Balaban J connectivity index is 0.000000122. The zero-order valence-electron chi connectivity index (χ0n) is 52.0. The Bertz CT molecular complexity index is 6410. The molecule has 0 aromatic heterocycles. The van der Waals surface area contributed by atoms with Crippen LogP contribution in [0.15, 0.2) is 315 Å². The maximum atomic E-state index is 2.70. The Kier molecular flexibility index (Phi) is 9.96. The Hall–Kier alpha value is -12.4. The van der Waals surface area contributed by atoms with E-state index in [2.05, 4.69) is 335 Å². The normalized spacial score (nSPS) is 13.7. The summed E-state index contributed by atoms with van der Waals surface area (Å²) in [6, 6.07) is 118. The zero-order chi connectivity index (χ0) is 62.2. The van der Waals surface area contributed by atoms with Crippen molar-refractivity contribution in [2.75, 3.05) is 19.4 Å². The molecule has 0 atom stereocenters. The molecular formula is C90H52B2N4. The van der Waals surface area contributed by atoms with Gasteiger partial charge in [0.05, 0.1) is 0 Å². The third kappa shape index (κ3) is 6.46. The van der Waals surface area contributed by atoms with E-state index in [4.69, 9.17) is 0 Å². The van der Waals surface area contributed by atoms with E-state index in [1.54, 1.807) is 0 Å². The van der Waals surface area contributed by atoms with Crippen molar-refractivity contribution in [2.24, 2.45) is 0 Å². The first-order valence-electron chi connectivity index (χ1n) is 33.6. The maximum absolute atomic E-state index is 2.70. The molecule has 18 aromatic carbocycles. The lowest BCUT2D eigenvalue weighted by molar-refractivity contribution is 1.27. The third-order valence-electron chi connectivity index (χ3n) is 22.4. The summed E-state index contributed by atoms with van der Waals surface area (Å²) < 4.78 is 0. The van der Waals surface area contributed by atoms with Gasteiger partial charge in [0.15, 0.2) is 0 Å². The van der Waals surface area contributed by atoms with E-state index in [0.717, 1.165) is 0 Å². The summed E-state index contributed by atoms with van der Waals surface area (Å²) >= 11 is 0. The molecule has 4 nitrogen and oxygen atoms in total. The fourth-order valence-corrected chi connectivity index (χ4v) is 18.8. The molecule has 0 spiro atoms. The minimum absolute atomic E-state index is 0.0366. The lowest BCUT2D eigenvalue weighted by atomic mass is 9.41. The van der Waals surface area contributed by atoms with Crippen molar-refractivity contribution in [3.8, 4) is 33.4 Å². The summed E-state index contributed by atoms with van der Waals surface area (Å²) in [4.78, 5) is 10.4. The van der Waals surface area contributed by atoms with Gasteiger partial charge in [-0.3, -0.25) is 0 Å². The van der Waals surface area contributed by atoms with E-state index >= 15 is 0 Å². The molecule has 0 bridgehead atoms. The first-order chi connectivity index (χ1) is 47.7. The summed E-state index contributed by atoms with van der Waals surface area (Å²) in [5, 5.41) is 24.1.